The summed E-state index contributed by atoms with van der Waals surface area (Å²) >= 11 is 0. The van der Waals surface area contributed by atoms with Crippen LogP contribution in [0.25, 0.3) is 5.69 Å². The van der Waals surface area contributed by atoms with Crippen LogP contribution >= 0.6 is 0 Å². The molecule has 0 radical (unpaired) electrons. The van der Waals surface area contributed by atoms with Gasteiger partial charge >= 0.3 is 0 Å². The average Bonchev–Trinajstić information content (AvgIpc) is 3.39. The molecule has 31 heavy (non-hydrogen) atoms. The average molecular weight is 417 g/mol. The Morgan fingerprint density at radius 1 is 1.10 bits per heavy atom. The summed E-state index contributed by atoms with van der Waals surface area (Å²) in [6, 6.07) is 13.8. The smallest absolute Gasteiger partial charge is 0.255 e. The molecule has 0 bridgehead atoms. The van der Waals surface area contributed by atoms with E-state index in [2.05, 4.69) is 15.6 Å². The summed E-state index contributed by atoms with van der Waals surface area (Å²) in [5, 5.41) is 21.0. The van der Waals surface area contributed by atoms with Crippen LogP contribution in [-0.4, -0.2) is 48.8 Å². The highest BCUT2D eigenvalue weighted by Gasteiger charge is 2.39. The largest absolute Gasteiger partial charge is 0.382 e. The van der Waals surface area contributed by atoms with Crippen LogP contribution in [0.5, 0.6) is 0 Å². The van der Waals surface area contributed by atoms with Gasteiger partial charge in [-0.05, 0) is 29.7 Å². The number of piperidine rings is 1. The van der Waals surface area contributed by atoms with E-state index in [4.69, 9.17) is 0 Å². The number of fused-ring (bicyclic) bond motifs is 1. The maximum absolute atomic E-state index is 13.0. The van der Waals surface area contributed by atoms with Crippen molar-refractivity contribution in [1.82, 2.24) is 25.2 Å². The molecule has 2 N–H and O–H groups in total. The van der Waals surface area contributed by atoms with Crippen molar-refractivity contribution in [3.8, 4) is 5.69 Å². The number of aliphatic hydroxyl groups excluding tert-OH is 1. The van der Waals surface area contributed by atoms with Crippen molar-refractivity contribution in [1.29, 1.82) is 0 Å². The summed E-state index contributed by atoms with van der Waals surface area (Å²) in [6.45, 7) is 0.316. The van der Waals surface area contributed by atoms with E-state index in [1.165, 1.54) is 9.58 Å². The van der Waals surface area contributed by atoms with E-state index in [0.29, 0.717) is 35.5 Å². The van der Waals surface area contributed by atoms with E-state index >= 15 is 0 Å². The zero-order chi connectivity index (χ0) is 21.5. The molecular weight excluding hydrogens is 398 g/mol. The van der Waals surface area contributed by atoms with Gasteiger partial charge in [0.25, 0.3) is 5.91 Å². The molecule has 0 spiro atoms. The van der Waals surface area contributed by atoms with Gasteiger partial charge in [-0.25, -0.2) is 4.68 Å². The van der Waals surface area contributed by atoms with Gasteiger partial charge in [0, 0.05) is 18.5 Å². The number of hydrogen-bond donors (Lipinski definition) is 2. The minimum Gasteiger partial charge on any atom is -0.382 e. The summed E-state index contributed by atoms with van der Waals surface area (Å²) in [5.41, 5.74) is 3.02. The first-order valence-electron chi connectivity index (χ1n) is 9.94. The molecular formula is C22H19N5O4. The van der Waals surface area contributed by atoms with Gasteiger partial charge in [-0.3, -0.25) is 19.7 Å². The van der Waals surface area contributed by atoms with E-state index in [-0.39, 0.29) is 18.2 Å². The lowest BCUT2D eigenvalue weighted by molar-refractivity contribution is -0.136. The topological polar surface area (TPSA) is 117 Å². The molecule has 156 valence electrons. The molecule has 2 aliphatic rings. The normalized spacial score (nSPS) is 19.3. The zero-order valence-corrected chi connectivity index (χ0v) is 16.4. The summed E-state index contributed by atoms with van der Waals surface area (Å²) in [7, 11) is 0. The van der Waals surface area contributed by atoms with Crippen LogP contribution in [0.15, 0.2) is 54.7 Å². The minimum absolute atomic E-state index is 0.216. The van der Waals surface area contributed by atoms with Crippen molar-refractivity contribution in [2.24, 2.45) is 0 Å². The molecule has 9 heteroatoms. The van der Waals surface area contributed by atoms with Gasteiger partial charge in [-0.1, -0.05) is 41.6 Å². The van der Waals surface area contributed by atoms with E-state index in [0.717, 1.165) is 5.56 Å². The minimum atomic E-state index is -0.908. The predicted octanol–water partition coefficient (Wildman–Crippen LogP) is 1.11. The van der Waals surface area contributed by atoms with Crippen LogP contribution < -0.4 is 5.32 Å². The Balaban J connectivity index is 1.39. The molecule has 3 amide bonds. The number of carbonyl (C=O) groups is 3. The van der Waals surface area contributed by atoms with Gasteiger partial charge in [0.15, 0.2) is 0 Å². The van der Waals surface area contributed by atoms with Crippen LogP contribution in [0.3, 0.4) is 0 Å². The maximum Gasteiger partial charge on any atom is 0.255 e. The summed E-state index contributed by atoms with van der Waals surface area (Å²) in [6.07, 6.45) is 1.25. The maximum atomic E-state index is 13.0. The lowest BCUT2D eigenvalue weighted by atomic mass is 10.0. The number of amides is 3. The van der Waals surface area contributed by atoms with E-state index in [9.17, 15) is 19.5 Å². The molecule has 0 saturated carbocycles. The molecule has 3 heterocycles. The third kappa shape index (κ3) is 3.38. The van der Waals surface area contributed by atoms with Gasteiger partial charge in [0.2, 0.25) is 11.8 Å². The number of benzene rings is 2. The number of aliphatic hydroxyl groups is 1. The molecule has 5 rings (SSSR count). The number of nitrogens with zero attached hydrogens (tertiary/aromatic N) is 4. The molecule has 9 nitrogen and oxygen atoms in total. The van der Waals surface area contributed by atoms with Crippen molar-refractivity contribution in [3.63, 3.8) is 0 Å². The molecule has 1 fully saturated rings. The Hall–Kier alpha value is -3.85. The highest BCUT2D eigenvalue weighted by molar-refractivity contribution is 6.05. The third-order valence-corrected chi connectivity index (χ3v) is 5.68. The van der Waals surface area contributed by atoms with Crippen molar-refractivity contribution in [2.45, 2.75) is 31.5 Å². The molecule has 2 atom stereocenters. The Morgan fingerprint density at radius 2 is 1.90 bits per heavy atom. The van der Waals surface area contributed by atoms with Gasteiger partial charge in [-0.2, -0.15) is 0 Å². The van der Waals surface area contributed by atoms with E-state index < -0.39 is 18.1 Å². The van der Waals surface area contributed by atoms with Crippen molar-refractivity contribution < 1.29 is 19.5 Å². The van der Waals surface area contributed by atoms with Crippen LogP contribution in [0, 0.1) is 0 Å². The summed E-state index contributed by atoms with van der Waals surface area (Å²) < 4.78 is 1.50. The number of carbonyl (C=O) groups excluding carboxylic acids is 3. The molecule has 3 aromatic rings. The fraction of sp³-hybridized carbons (Fsp3) is 0.227. The number of aromatic nitrogens is 3. The lowest BCUT2D eigenvalue weighted by Gasteiger charge is -2.29. The fourth-order valence-corrected chi connectivity index (χ4v) is 4.02. The molecule has 2 aromatic carbocycles. The first-order chi connectivity index (χ1) is 15.0. The Kier molecular flexibility index (Phi) is 4.59. The second kappa shape index (κ2) is 7.44. The van der Waals surface area contributed by atoms with Crippen molar-refractivity contribution >= 4 is 17.7 Å². The number of nitrogens with one attached hydrogen (secondary N) is 1. The molecule has 0 aliphatic carbocycles. The van der Waals surface area contributed by atoms with Gasteiger partial charge in [0.05, 0.1) is 11.9 Å². The fourth-order valence-electron chi connectivity index (χ4n) is 4.02. The third-order valence-electron chi connectivity index (χ3n) is 5.68. The zero-order valence-electron chi connectivity index (χ0n) is 16.4. The number of rotatable bonds is 4. The highest BCUT2D eigenvalue weighted by Crippen LogP contribution is 2.29. The quantitative estimate of drug-likeness (QED) is 0.614. The monoisotopic (exact) mass is 417 g/mol. The molecule has 1 aromatic heterocycles. The van der Waals surface area contributed by atoms with Crippen molar-refractivity contribution in [2.75, 3.05) is 0 Å². The van der Waals surface area contributed by atoms with Gasteiger partial charge < -0.3 is 10.0 Å². The first-order valence-corrected chi connectivity index (χ1v) is 9.94. The van der Waals surface area contributed by atoms with Crippen molar-refractivity contribution in [3.05, 3.63) is 77.1 Å². The van der Waals surface area contributed by atoms with Gasteiger partial charge in [-0.15, -0.1) is 5.10 Å². The molecule has 2 unspecified atom stereocenters. The van der Waals surface area contributed by atoms with Gasteiger partial charge in [0.1, 0.15) is 17.8 Å². The first kappa shape index (κ1) is 19.1. The van der Waals surface area contributed by atoms with E-state index in [1.54, 1.807) is 24.4 Å². The molecule has 1 saturated heterocycles. The Morgan fingerprint density at radius 3 is 2.68 bits per heavy atom. The van der Waals surface area contributed by atoms with Crippen LogP contribution in [-0.2, 0) is 16.1 Å². The Labute approximate surface area is 177 Å². The number of imide groups is 1. The lowest BCUT2D eigenvalue weighted by Crippen LogP contribution is -2.52. The second-order valence-electron chi connectivity index (χ2n) is 7.64. The van der Waals surface area contributed by atoms with Crippen LogP contribution in [0.4, 0.5) is 0 Å². The molecule has 2 aliphatic heterocycles. The van der Waals surface area contributed by atoms with Crippen LogP contribution in [0.1, 0.15) is 46.1 Å². The summed E-state index contributed by atoms with van der Waals surface area (Å²) in [4.78, 5) is 38.1. The number of hydrogen-bond acceptors (Lipinski definition) is 6. The predicted molar refractivity (Wildman–Crippen MR) is 108 cm³/mol. The summed E-state index contributed by atoms with van der Waals surface area (Å²) in [5.74, 6) is -1.00. The highest BCUT2D eigenvalue weighted by atomic mass is 16.3. The SMILES string of the molecule is O=C1CCC(N2Cc3ccc(-n4cc(C(O)c5ccccc5)nn4)cc3C2=O)C(=O)N1. The van der Waals surface area contributed by atoms with E-state index in [1.807, 2.05) is 30.3 Å². The Bertz CT molecular complexity index is 1190. The standard InChI is InChI=1S/C22H19N5O4/c28-19-9-8-18(21(30)23-19)26-11-14-6-7-15(10-16(14)22(26)31)27-12-17(24-25-27)20(29)13-4-2-1-3-5-13/h1-7,10,12,18,20,29H,8-9,11H2,(H,23,28,30). The second-order valence-corrected chi connectivity index (χ2v) is 7.64. The van der Waals surface area contributed by atoms with Crippen LogP contribution in [0.2, 0.25) is 0 Å².